The lowest BCUT2D eigenvalue weighted by molar-refractivity contribution is -0.149. The minimum absolute atomic E-state index is 0.224. The summed E-state index contributed by atoms with van der Waals surface area (Å²) in [5.74, 6) is -0.941. The first-order chi connectivity index (χ1) is 24.8. The van der Waals surface area contributed by atoms with E-state index in [1.807, 2.05) is 6.92 Å². The van der Waals surface area contributed by atoms with Gasteiger partial charge in [0, 0.05) is 5.56 Å². The van der Waals surface area contributed by atoms with Gasteiger partial charge in [0.2, 0.25) is 6.10 Å². The fourth-order valence-corrected chi connectivity index (χ4v) is 6.33. The van der Waals surface area contributed by atoms with Crippen molar-refractivity contribution in [1.29, 1.82) is 0 Å². The van der Waals surface area contributed by atoms with Crippen molar-refractivity contribution in [3.05, 3.63) is 130 Å². The Kier molecular flexibility index (Phi) is 14.4. The van der Waals surface area contributed by atoms with E-state index in [1.165, 1.54) is 16.7 Å². The molecule has 0 saturated heterocycles. The molecule has 0 saturated carbocycles. The fourth-order valence-electron chi connectivity index (χ4n) is 6.33. The number of rotatable bonds is 16. The van der Waals surface area contributed by atoms with E-state index in [0.717, 1.165) is 68.2 Å². The lowest BCUT2D eigenvalue weighted by atomic mass is 9.87. The van der Waals surface area contributed by atoms with Crippen LogP contribution in [-0.2, 0) is 16.0 Å². The maximum absolute atomic E-state index is 13.1. The van der Waals surface area contributed by atoms with Crippen LogP contribution in [0.15, 0.2) is 108 Å². The Labute approximate surface area is 308 Å². The number of benzene rings is 3. The molecule has 0 bridgehead atoms. The Morgan fingerprint density at radius 1 is 0.885 bits per heavy atom. The van der Waals surface area contributed by atoms with Gasteiger partial charge in [-0.25, -0.2) is 9.59 Å². The van der Waals surface area contributed by atoms with Crippen molar-refractivity contribution >= 4 is 18.0 Å². The zero-order valence-electron chi connectivity index (χ0n) is 31.4. The van der Waals surface area contributed by atoms with Crippen molar-refractivity contribution in [2.24, 2.45) is 0 Å². The van der Waals surface area contributed by atoms with Crippen molar-refractivity contribution < 1.29 is 33.7 Å². The molecule has 4 rings (SSSR count). The minimum Gasteiger partial charge on any atom is -0.487 e. The van der Waals surface area contributed by atoms with E-state index in [4.69, 9.17) is 14.2 Å². The highest BCUT2D eigenvalue weighted by atomic mass is 16.7. The molecule has 3 aromatic carbocycles. The van der Waals surface area contributed by atoms with E-state index in [-0.39, 0.29) is 11.4 Å². The van der Waals surface area contributed by atoms with Gasteiger partial charge in [0.1, 0.15) is 23.1 Å². The van der Waals surface area contributed by atoms with Gasteiger partial charge in [-0.1, -0.05) is 83.5 Å². The van der Waals surface area contributed by atoms with Gasteiger partial charge in [0.15, 0.2) is 0 Å². The standard InChI is InChI=1S/C44H53NO7/c1-30(2)16-13-17-31(3)18-14-19-32(4)20-15-26-44(6)27-25-36-29-37(28-33(5)39(36)52-44)50-43(49)51-40(42(47)48)38(34-21-9-7-10-22-34)45-41(46)35-23-11-8-12-24-35/h7-12,16,18,20-24,28-29,38,40H,13-15,17,19,25-27H2,1-6H3,(H,45,46)(H,47,48)/b31-18+,32-20+/t38-,40-,44-/m1/s1. The topological polar surface area (TPSA) is 111 Å². The Morgan fingerprint density at radius 2 is 1.50 bits per heavy atom. The molecule has 8 nitrogen and oxygen atoms in total. The highest BCUT2D eigenvalue weighted by Crippen LogP contribution is 2.40. The van der Waals surface area contributed by atoms with E-state index in [1.54, 1.807) is 72.8 Å². The SMILES string of the molecule is CC(C)=CCC/C(C)=C/CC/C(C)=C/CC[C@]1(C)CCc2cc(OC(=O)O[C@@H](C(=O)O)[C@H](NC(=O)c3ccccc3)c3ccccc3)cc(C)c2O1. The van der Waals surface area contributed by atoms with Gasteiger partial charge >= 0.3 is 12.1 Å². The van der Waals surface area contributed by atoms with E-state index in [9.17, 15) is 19.5 Å². The summed E-state index contributed by atoms with van der Waals surface area (Å²) in [5.41, 5.74) is 6.37. The molecule has 1 heterocycles. The molecule has 3 atom stereocenters. The summed E-state index contributed by atoms with van der Waals surface area (Å²) in [7, 11) is 0. The van der Waals surface area contributed by atoms with Gasteiger partial charge in [-0.2, -0.15) is 0 Å². The lowest BCUT2D eigenvalue weighted by Crippen LogP contribution is -2.43. The molecule has 0 aliphatic carbocycles. The Bertz CT molecular complexity index is 1770. The van der Waals surface area contributed by atoms with E-state index >= 15 is 0 Å². The maximum atomic E-state index is 13.1. The van der Waals surface area contributed by atoms with Crippen LogP contribution in [0.25, 0.3) is 0 Å². The number of fused-ring (bicyclic) bond motifs is 1. The normalized spacial score (nSPS) is 16.8. The number of amides is 1. The highest BCUT2D eigenvalue weighted by Gasteiger charge is 2.36. The molecule has 0 radical (unpaired) electrons. The van der Waals surface area contributed by atoms with Gasteiger partial charge in [-0.15, -0.1) is 0 Å². The van der Waals surface area contributed by atoms with Crippen LogP contribution >= 0.6 is 0 Å². The summed E-state index contributed by atoms with van der Waals surface area (Å²) in [4.78, 5) is 38.6. The first-order valence-electron chi connectivity index (χ1n) is 18.1. The van der Waals surface area contributed by atoms with E-state index < -0.39 is 30.2 Å². The molecule has 1 aliphatic rings. The van der Waals surface area contributed by atoms with Crippen LogP contribution in [0.1, 0.15) is 113 Å². The van der Waals surface area contributed by atoms with Crippen LogP contribution in [0.4, 0.5) is 4.79 Å². The first kappa shape index (κ1) is 39.7. The number of aliphatic carboxylic acids is 1. The third kappa shape index (κ3) is 12.0. The lowest BCUT2D eigenvalue weighted by Gasteiger charge is -2.37. The molecule has 276 valence electrons. The smallest absolute Gasteiger partial charge is 0.487 e. The second-order valence-electron chi connectivity index (χ2n) is 14.2. The third-order valence-electron chi connectivity index (χ3n) is 9.34. The number of hydrogen-bond donors (Lipinski definition) is 2. The molecule has 0 fully saturated rings. The van der Waals surface area contributed by atoms with Gasteiger partial charge in [0.25, 0.3) is 5.91 Å². The number of carbonyl (C=O) groups excluding carboxylic acids is 2. The quantitative estimate of drug-likeness (QED) is 0.0866. The molecule has 52 heavy (non-hydrogen) atoms. The zero-order chi connectivity index (χ0) is 37.7. The summed E-state index contributed by atoms with van der Waals surface area (Å²) >= 11 is 0. The molecule has 0 aromatic heterocycles. The Balaban J connectivity index is 1.36. The average molecular weight is 708 g/mol. The molecule has 1 aliphatic heterocycles. The number of carboxylic acid groups (broad SMARTS) is 1. The van der Waals surface area contributed by atoms with Crippen molar-refractivity contribution in [1.82, 2.24) is 5.32 Å². The summed E-state index contributed by atoms with van der Waals surface area (Å²) in [5, 5.41) is 12.9. The summed E-state index contributed by atoms with van der Waals surface area (Å²) < 4.78 is 17.5. The number of carbonyl (C=O) groups is 3. The van der Waals surface area contributed by atoms with E-state index in [2.05, 4.69) is 58.2 Å². The Morgan fingerprint density at radius 3 is 2.13 bits per heavy atom. The second kappa shape index (κ2) is 18.9. The minimum atomic E-state index is -1.76. The first-order valence-corrected chi connectivity index (χ1v) is 18.1. The number of allylic oxidation sites excluding steroid dienone is 6. The molecule has 0 spiro atoms. The van der Waals surface area contributed by atoms with Crippen LogP contribution in [-0.4, -0.2) is 34.8 Å². The van der Waals surface area contributed by atoms with Crippen LogP contribution in [0.5, 0.6) is 11.5 Å². The molecule has 8 heteroatoms. The number of hydrogen-bond acceptors (Lipinski definition) is 6. The average Bonchev–Trinajstić information content (AvgIpc) is 3.10. The molecular formula is C44H53NO7. The van der Waals surface area contributed by atoms with Crippen LogP contribution in [0, 0.1) is 6.92 Å². The van der Waals surface area contributed by atoms with Gasteiger partial charge in [-0.05, 0) is 134 Å². The van der Waals surface area contributed by atoms with Crippen molar-refractivity contribution in [3.8, 4) is 11.5 Å². The fraction of sp³-hybridized carbons (Fsp3) is 0.386. The van der Waals surface area contributed by atoms with Crippen molar-refractivity contribution in [3.63, 3.8) is 0 Å². The number of aryl methyl sites for hydroxylation is 2. The van der Waals surface area contributed by atoms with Gasteiger partial charge in [-0.3, -0.25) is 4.79 Å². The number of ether oxygens (including phenoxy) is 3. The molecule has 3 aromatic rings. The predicted octanol–water partition coefficient (Wildman–Crippen LogP) is 10.4. The van der Waals surface area contributed by atoms with E-state index in [0.29, 0.717) is 11.1 Å². The predicted molar refractivity (Wildman–Crippen MR) is 205 cm³/mol. The maximum Gasteiger partial charge on any atom is 0.514 e. The Hall–Kier alpha value is -5.11. The molecule has 0 unspecified atom stereocenters. The summed E-state index contributed by atoms with van der Waals surface area (Å²) in [6.07, 6.45) is 11.7. The molecular weight excluding hydrogens is 654 g/mol. The third-order valence-corrected chi connectivity index (χ3v) is 9.34. The second-order valence-corrected chi connectivity index (χ2v) is 14.2. The van der Waals surface area contributed by atoms with Crippen LogP contribution < -0.4 is 14.8 Å². The summed E-state index contributed by atoms with van der Waals surface area (Å²) in [6, 6.07) is 19.2. The molecule has 2 N–H and O–H groups in total. The number of nitrogens with one attached hydrogen (secondary N) is 1. The highest BCUT2D eigenvalue weighted by molar-refractivity contribution is 5.95. The molecule has 1 amide bonds. The zero-order valence-corrected chi connectivity index (χ0v) is 31.4. The van der Waals surface area contributed by atoms with Gasteiger partial charge in [0.05, 0.1) is 0 Å². The number of carboxylic acids is 1. The largest absolute Gasteiger partial charge is 0.514 e. The monoisotopic (exact) mass is 707 g/mol. The van der Waals surface area contributed by atoms with Crippen molar-refractivity contribution in [2.75, 3.05) is 0 Å². The summed E-state index contributed by atoms with van der Waals surface area (Å²) in [6.45, 7) is 12.7. The van der Waals surface area contributed by atoms with Gasteiger partial charge < -0.3 is 24.6 Å². The van der Waals surface area contributed by atoms with Crippen LogP contribution in [0.3, 0.4) is 0 Å². The van der Waals surface area contributed by atoms with Crippen molar-refractivity contribution in [2.45, 2.75) is 111 Å². The van der Waals surface area contributed by atoms with Crippen LogP contribution in [0.2, 0.25) is 0 Å².